The van der Waals surface area contributed by atoms with Gasteiger partial charge in [-0.3, -0.25) is 9.36 Å². The van der Waals surface area contributed by atoms with Gasteiger partial charge in [-0.25, -0.2) is 4.39 Å². The van der Waals surface area contributed by atoms with E-state index in [4.69, 9.17) is 9.47 Å². The normalized spacial score (nSPS) is 11.3. The summed E-state index contributed by atoms with van der Waals surface area (Å²) in [5.74, 6) is 1.31. The second-order valence-electron chi connectivity index (χ2n) is 7.74. The van der Waals surface area contributed by atoms with Gasteiger partial charge in [0.1, 0.15) is 23.9 Å². The Balaban J connectivity index is 1.82. The van der Waals surface area contributed by atoms with Crippen LogP contribution in [0.1, 0.15) is 26.6 Å². The molecule has 0 saturated carbocycles. The Labute approximate surface area is 185 Å². The first-order valence-electron chi connectivity index (χ1n) is 9.66. The van der Waals surface area contributed by atoms with Crippen molar-refractivity contribution in [3.05, 3.63) is 60.2 Å². The van der Waals surface area contributed by atoms with Gasteiger partial charge in [-0.05, 0) is 57.2 Å². The standard InChI is InChI=1S/C22H25FN4O3S/c1-22(2,3)24-20(28)14-31-21-26-25-19(27(21)18-8-6-5-7-17(18)23)13-30-16-11-9-15(29-4)10-12-16/h5-12H,13-14H2,1-4H3,(H,24,28). The minimum absolute atomic E-state index is 0.0718. The molecule has 0 radical (unpaired) electrons. The Hall–Kier alpha value is -3.07. The van der Waals surface area contributed by atoms with Gasteiger partial charge in [0.05, 0.1) is 18.6 Å². The Bertz CT molecular complexity index is 1030. The van der Waals surface area contributed by atoms with Gasteiger partial charge in [0.25, 0.3) is 0 Å². The number of rotatable bonds is 8. The second kappa shape index (κ2) is 9.82. The van der Waals surface area contributed by atoms with Gasteiger partial charge in [-0.1, -0.05) is 23.9 Å². The van der Waals surface area contributed by atoms with Crippen molar-refractivity contribution in [2.45, 2.75) is 38.1 Å². The number of carbonyl (C=O) groups is 1. The first kappa shape index (κ1) is 22.6. The summed E-state index contributed by atoms with van der Waals surface area (Å²) in [6.07, 6.45) is 0. The molecule has 31 heavy (non-hydrogen) atoms. The maximum atomic E-state index is 14.6. The molecule has 0 aliphatic rings. The fourth-order valence-electron chi connectivity index (χ4n) is 2.77. The molecule has 0 aliphatic heterocycles. The monoisotopic (exact) mass is 444 g/mol. The number of methoxy groups -OCH3 is 1. The van der Waals surface area contributed by atoms with E-state index in [1.54, 1.807) is 54.1 Å². The number of carbonyl (C=O) groups excluding carboxylic acids is 1. The summed E-state index contributed by atoms with van der Waals surface area (Å²) < 4.78 is 27.1. The molecule has 0 atom stereocenters. The number of nitrogens with one attached hydrogen (secondary N) is 1. The molecule has 2 aromatic carbocycles. The number of hydrogen-bond donors (Lipinski definition) is 1. The molecule has 0 aliphatic carbocycles. The van der Waals surface area contributed by atoms with E-state index in [-0.39, 0.29) is 23.8 Å². The highest BCUT2D eigenvalue weighted by atomic mass is 32.2. The average molecular weight is 445 g/mol. The van der Waals surface area contributed by atoms with Crippen LogP contribution in [0.5, 0.6) is 11.5 Å². The number of ether oxygens (including phenoxy) is 2. The molecule has 0 spiro atoms. The fourth-order valence-corrected chi connectivity index (χ4v) is 3.53. The summed E-state index contributed by atoms with van der Waals surface area (Å²) in [6.45, 7) is 5.80. The Morgan fingerprint density at radius 3 is 2.42 bits per heavy atom. The first-order valence-corrected chi connectivity index (χ1v) is 10.7. The van der Waals surface area contributed by atoms with Crippen LogP contribution < -0.4 is 14.8 Å². The second-order valence-corrected chi connectivity index (χ2v) is 8.68. The first-order chi connectivity index (χ1) is 14.8. The average Bonchev–Trinajstić information content (AvgIpc) is 3.13. The van der Waals surface area contributed by atoms with E-state index in [9.17, 15) is 9.18 Å². The zero-order valence-corrected chi connectivity index (χ0v) is 18.7. The lowest BCUT2D eigenvalue weighted by Crippen LogP contribution is -2.41. The number of benzene rings is 2. The summed E-state index contributed by atoms with van der Waals surface area (Å²) in [7, 11) is 1.59. The van der Waals surface area contributed by atoms with E-state index in [0.29, 0.717) is 28.2 Å². The zero-order valence-electron chi connectivity index (χ0n) is 17.9. The minimum Gasteiger partial charge on any atom is -0.497 e. The summed E-state index contributed by atoms with van der Waals surface area (Å²) >= 11 is 1.19. The molecule has 1 amide bonds. The highest BCUT2D eigenvalue weighted by molar-refractivity contribution is 7.99. The summed E-state index contributed by atoms with van der Waals surface area (Å²) in [6, 6.07) is 13.5. The van der Waals surface area contributed by atoms with Crippen LogP contribution in [0.15, 0.2) is 53.7 Å². The quantitative estimate of drug-likeness (QED) is 0.529. The predicted molar refractivity (Wildman–Crippen MR) is 117 cm³/mol. The highest BCUT2D eigenvalue weighted by Crippen LogP contribution is 2.25. The van der Waals surface area contributed by atoms with E-state index in [0.717, 1.165) is 0 Å². The molecule has 1 heterocycles. The van der Waals surface area contributed by atoms with Crippen molar-refractivity contribution in [3.8, 4) is 17.2 Å². The van der Waals surface area contributed by atoms with Gasteiger partial charge in [0.2, 0.25) is 5.91 Å². The molecular formula is C22H25FN4O3S. The van der Waals surface area contributed by atoms with E-state index in [2.05, 4.69) is 15.5 Å². The highest BCUT2D eigenvalue weighted by Gasteiger charge is 2.20. The number of thioether (sulfide) groups is 1. The lowest BCUT2D eigenvalue weighted by molar-refractivity contribution is -0.119. The molecule has 0 unspecified atom stereocenters. The number of hydrogen-bond acceptors (Lipinski definition) is 6. The third kappa shape index (κ3) is 6.21. The van der Waals surface area contributed by atoms with Crippen molar-refractivity contribution in [1.82, 2.24) is 20.1 Å². The fraction of sp³-hybridized carbons (Fsp3) is 0.318. The molecule has 1 N–H and O–H groups in total. The molecule has 0 saturated heterocycles. The summed E-state index contributed by atoms with van der Waals surface area (Å²) in [5.41, 5.74) is -0.0478. The number of nitrogens with zero attached hydrogens (tertiary/aromatic N) is 3. The molecule has 164 valence electrons. The van der Waals surface area contributed by atoms with Crippen molar-refractivity contribution in [1.29, 1.82) is 0 Å². The summed E-state index contributed by atoms with van der Waals surface area (Å²) in [5, 5.41) is 11.7. The van der Waals surface area contributed by atoms with E-state index >= 15 is 0 Å². The van der Waals surface area contributed by atoms with Crippen LogP contribution in [0.25, 0.3) is 5.69 Å². The van der Waals surface area contributed by atoms with Crippen LogP contribution in [0.3, 0.4) is 0 Å². The van der Waals surface area contributed by atoms with Crippen LogP contribution in [-0.4, -0.2) is 39.1 Å². The van der Waals surface area contributed by atoms with Crippen molar-refractivity contribution in [2.24, 2.45) is 0 Å². The lowest BCUT2D eigenvalue weighted by atomic mass is 10.1. The van der Waals surface area contributed by atoms with Gasteiger partial charge in [0, 0.05) is 5.54 Å². The summed E-state index contributed by atoms with van der Waals surface area (Å²) in [4.78, 5) is 12.2. The van der Waals surface area contributed by atoms with Crippen molar-refractivity contribution >= 4 is 17.7 Å². The van der Waals surface area contributed by atoms with Gasteiger partial charge >= 0.3 is 0 Å². The third-order valence-electron chi connectivity index (χ3n) is 4.07. The molecular weight excluding hydrogens is 419 g/mol. The minimum atomic E-state index is -0.422. The van der Waals surface area contributed by atoms with Gasteiger partial charge in [-0.15, -0.1) is 10.2 Å². The van der Waals surface area contributed by atoms with Crippen molar-refractivity contribution in [3.63, 3.8) is 0 Å². The molecule has 7 nitrogen and oxygen atoms in total. The van der Waals surface area contributed by atoms with Gasteiger partial charge in [-0.2, -0.15) is 0 Å². The van der Waals surface area contributed by atoms with Crippen LogP contribution in [0, 0.1) is 5.82 Å². The number of amides is 1. The number of halogens is 1. The maximum absolute atomic E-state index is 14.6. The number of para-hydroxylation sites is 1. The Kier molecular flexibility index (Phi) is 7.17. The molecule has 3 rings (SSSR count). The lowest BCUT2D eigenvalue weighted by Gasteiger charge is -2.20. The van der Waals surface area contributed by atoms with Gasteiger partial charge in [0.15, 0.2) is 11.0 Å². The largest absolute Gasteiger partial charge is 0.497 e. The van der Waals surface area contributed by atoms with Crippen LogP contribution >= 0.6 is 11.8 Å². The molecule has 3 aromatic rings. The number of aromatic nitrogens is 3. The maximum Gasteiger partial charge on any atom is 0.230 e. The smallest absolute Gasteiger partial charge is 0.230 e. The van der Waals surface area contributed by atoms with E-state index in [1.165, 1.54) is 17.8 Å². The van der Waals surface area contributed by atoms with E-state index in [1.807, 2.05) is 20.8 Å². The molecule has 0 fully saturated rings. The predicted octanol–water partition coefficient (Wildman–Crippen LogP) is 4.00. The van der Waals surface area contributed by atoms with Gasteiger partial charge < -0.3 is 14.8 Å². The molecule has 9 heteroatoms. The molecule has 1 aromatic heterocycles. The Morgan fingerprint density at radius 2 is 1.77 bits per heavy atom. The Morgan fingerprint density at radius 1 is 1.10 bits per heavy atom. The van der Waals surface area contributed by atoms with Crippen LogP contribution in [0.2, 0.25) is 0 Å². The van der Waals surface area contributed by atoms with Crippen LogP contribution in [-0.2, 0) is 11.4 Å². The zero-order chi connectivity index (χ0) is 22.4. The van der Waals surface area contributed by atoms with Crippen molar-refractivity contribution < 1.29 is 18.7 Å². The SMILES string of the molecule is COc1ccc(OCc2nnc(SCC(=O)NC(C)(C)C)n2-c2ccccc2F)cc1. The van der Waals surface area contributed by atoms with Crippen molar-refractivity contribution in [2.75, 3.05) is 12.9 Å². The van der Waals surface area contributed by atoms with E-state index < -0.39 is 5.82 Å². The molecule has 0 bridgehead atoms. The topological polar surface area (TPSA) is 78.3 Å². The third-order valence-corrected chi connectivity index (χ3v) is 5.00. The van der Waals surface area contributed by atoms with Crippen LogP contribution in [0.4, 0.5) is 4.39 Å².